The van der Waals surface area contributed by atoms with Crippen LogP contribution in [-0.2, 0) is 11.8 Å². The molecular formula is C23H26N8O2. The first-order valence-electron chi connectivity index (χ1n) is 10.9. The summed E-state index contributed by atoms with van der Waals surface area (Å²) < 4.78 is 13.0. The van der Waals surface area contributed by atoms with Crippen molar-refractivity contribution in [3.63, 3.8) is 0 Å². The van der Waals surface area contributed by atoms with Crippen molar-refractivity contribution in [1.82, 2.24) is 29.7 Å². The highest BCUT2D eigenvalue weighted by Gasteiger charge is 2.19. The molecule has 10 heteroatoms. The van der Waals surface area contributed by atoms with Gasteiger partial charge in [0.25, 0.3) is 0 Å². The largest absolute Gasteiger partial charge is 0.492 e. The zero-order valence-corrected chi connectivity index (χ0v) is 18.9. The van der Waals surface area contributed by atoms with Gasteiger partial charge in [0.15, 0.2) is 11.6 Å². The summed E-state index contributed by atoms with van der Waals surface area (Å²) in [5.41, 5.74) is 3.36. The van der Waals surface area contributed by atoms with Gasteiger partial charge in [-0.3, -0.25) is 0 Å². The van der Waals surface area contributed by atoms with Gasteiger partial charge in [-0.15, -0.1) is 10.2 Å². The van der Waals surface area contributed by atoms with Crippen LogP contribution in [0.3, 0.4) is 0 Å². The fourth-order valence-corrected chi connectivity index (χ4v) is 3.70. The highest BCUT2D eigenvalue weighted by atomic mass is 16.5. The summed E-state index contributed by atoms with van der Waals surface area (Å²) in [4.78, 5) is 13.9. The molecule has 0 bridgehead atoms. The minimum Gasteiger partial charge on any atom is -0.492 e. The van der Waals surface area contributed by atoms with Crippen molar-refractivity contribution < 1.29 is 9.47 Å². The van der Waals surface area contributed by atoms with Crippen LogP contribution in [0.5, 0.6) is 5.75 Å². The Morgan fingerprint density at radius 3 is 2.82 bits per heavy atom. The first-order chi connectivity index (χ1) is 16.1. The predicted molar refractivity (Wildman–Crippen MR) is 126 cm³/mol. The molecule has 2 N–H and O–H groups in total. The van der Waals surface area contributed by atoms with Crippen molar-refractivity contribution in [3.05, 3.63) is 42.5 Å². The van der Waals surface area contributed by atoms with E-state index < -0.39 is 0 Å². The van der Waals surface area contributed by atoms with Gasteiger partial charge in [-0.05, 0) is 38.1 Å². The second-order valence-corrected chi connectivity index (χ2v) is 8.06. The van der Waals surface area contributed by atoms with Crippen molar-refractivity contribution >= 4 is 28.4 Å². The lowest BCUT2D eigenvalue weighted by Gasteiger charge is -2.26. The number of ether oxygens (including phenoxy) is 2. The monoisotopic (exact) mass is 446 g/mol. The number of hydrogen-bond donors (Lipinski definition) is 2. The summed E-state index contributed by atoms with van der Waals surface area (Å²) in [6, 6.07) is 7.83. The molecule has 0 saturated carbocycles. The molecule has 5 rings (SSSR count). The van der Waals surface area contributed by atoms with Crippen LogP contribution in [0.15, 0.2) is 36.8 Å². The van der Waals surface area contributed by atoms with Crippen molar-refractivity contribution in [2.24, 2.45) is 13.0 Å². The number of benzene rings is 1. The molecule has 0 aliphatic carbocycles. The van der Waals surface area contributed by atoms with E-state index in [0.29, 0.717) is 24.2 Å². The van der Waals surface area contributed by atoms with Crippen molar-refractivity contribution in [2.75, 3.05) is 37.0 Å². The molecule has 3 aromatic heterocycles. The first-order valence-corrected chi connectivity index (χ1v) is 10.9. The zero-order chi connectivity index (χ0) is 22.8. The molecule has 0 spiro atoms. The van der Waals surface area contributed by atoms with Crippen LogP contribution in [0.4, 0.5) is 17.5 Å². The summed E-state index contributed by atoms with van der Waals surface area (Å²) in [5.74, 6) is 3.18. The highest BCUT2D eigenvalue weighted by Crippen LogP contribution is 2.32. The molecule has 0 amide bonds. The lowest BCUT2D eigenvalue weighted by Crippen LogP contribution is -2.33. The number of anilines is 3. The zero-order valence-electron chi connectivity index (χ0n) is 18.9. The summed E-state index contributed by atoms with van der Waals surface area (Å²) in [7, 11) is 1.91. The van der Waals surface area contributed by atoms with Gasteiger partial charge in [0.1, 0.15) is 17.6 Å². The van der Waals surface area contributed by atoms with Crippen molar-refractivity contribution in [1.29, 1.82) is 0 Å². The topological polar surface area (TPSA) is 112 Å². The van der Waals surface area contributed by atoms with E-state index in [-0.39, 0.29) is 0 Å². The molecular weight excluding hydrogens is 420 g/mol. The van der Waals surface area contributed by atoms with E-state index in [0.717, 1.165) is 59.2 Å². The number of rotatable bonds is 8. The molecule has 0 atom stereocenters. The molecule has 1 aliphatic heterocycles. The maximum absolute atomic E-state index is 5.89. The van der Waals surface area contributed by atoms with Crippen LogP contribution in [-0.4, -0.2) is 56.1 Å². The van der Waals surface area contributed by atoms with Crippen LogP contribution in [0.25, 0.3) is 22.3 Å². The molecule has 33 heavy (non-hydrogen) atoms. The van der Waals surface area contributed by atoms with Gasteiger partial charge in [0, 0.05) is 42.4 Å². The Bertz CT molecular complexity index is 1280. The van der Waals surface area contributed by atoms with E-state index in [1.807, 2.05) is 55.9 Å². The normalized spacial score (nSPS) is 13.7. The number of hydrogen-bond acceptors (Lipinski definition) is 9. The Labute approximate surface area is 191 Å². The number of pyridine rings is 1. The summed E-state index contributed by atoms with van der Waals surface area (Å²) in [5, 5.41) is 15.8. The summed E-state index contributed by atoms with van der Waals surface area (Å²) in [6.45, 7) is 6.81. The van der Waals surface area contributed by atoms with E-state index in [2.05, 4.69) is 30.8 Å². The molecule has 1 fully saturated rings. The second kappa shape index (κ2) is 8.99. The van der Waals surface area contributed by atoms with Gasteiger partial charge in [-0.2, -0.15) is 0 Å². The Kier molecular flexibility index (Phi) is 5.74. The number of nitrogens with zero attached hydrogens (tertiary/aromatic N) is 6. The Morgan fingerprint density at radius 1 is 1.21 bits per heavy atom. The van der Waals surface area contributed by atoms with Crippen LogP contribution in [0.2, 0.25) is 0 Å². The Morgan fingerprint density at radius 2 is 2.09 bits per heavy atom. The molecule has 10 nitrogen and oxygen atoms in total. The van der Waals surface area contributed by atoms with Crippen LogP contribution >= 0.6 is 0 Å². The molecule has 0 unspecified atom stereocenters. The second-order valence-electron chi connectivity index (χ2n) is 8.06. The van der Waals surface area contributed by atoms with Crippen LogP contribution in [0.1, 0.15) is 12.6 Å². The van der Waals surface area contributed by atoms with E-state index >= 15 is 0 Å². The van der Waals surface area contributed by atoms with E-state index in [9.17, 15) is 0 Å². The third-order valence-electron chi connectivity index (χ3n) is 5.46. The molecule has 4 aromatic rings. The van der Waals surface area contributed by atoms with Gasteiger partial charge in [-0.25, -0.2) is 15.0 Å². The van der Waals surface area contributed by atoms with Gasteiger partial charge in [0.2, 0.25) is 5.95 Å². The van der Waals surface area contributed by atoms with Crippen LogP contribution in [0, 0.1) is 12.8 Å². The summed E-state index contributed by atoms with van der Waals surface area (Å²) in [6.07, 6.45) is 3.48. The lowest BCUT2D eigenvalue weighted by atomic mass is 10.1. The summed E-state index contributed by atoms with van der Waals surface area (Å²) >= 11 is 0. The van der Waals surface area contributed by atoms with Gasteiger partial charge < -0.3 is 24.7 Å². The van der Waals surface area contributed by atoms with Crippen molar-refractivity contribution in [2.45, 2.75) is 13.8 Å². The maximum Gasteiger partial charge on any atom is 0.227 e. The molecule has 1 aromatic carbocycles. The molecule has 170 valence electrons. The van der Waals surface area contributed by atoms with Gasteiger partial charge >= 0.3 is 0 Å². The number of aromatic nitrogens is 6. The van der Waals surface area contributed by atoms with Crippen LogP contribution < -0.4 is 15.4 Å². The fraction of sp³-hybridized carbons (Fsp3) is 0.348. The average molecular weight is 447 g/mol. The van der Waals surface area contributed by atoms with E-state index in [4.69, 9.17) is 14.5 Å². The van der Waals surface area contributed by atoms with Gasteiger partial charge in [-0.1, -0.05) is 0 Å². The molecule has 1 aliphatic rings. The third-order valence-corrected chi connectivity index (χ3v) is 5.46. The maximum atomic E-state index is 5.89. The standard InChI is InChI=1S/C23H26N8O2/c1-4-33-19-8-16(22-30-26-13-31(22)3)5-6-18(19)28-23-25-10-17-7-14(2)27-21(20(17)29-23)24-9-15-11-32-12-15/h5-8,10,13,15H,4,9,11-12H2,1-3H3,(H,24,27)(H,25,28,29). The fourth-order valence-electron chi connectivity index (χ4n) is 3.70. The number of fused-ring (bicyclic) bond motifs is 1. The SMILES string of the molecule is CCOc1cc(-c2nncn2C)ccc1Nc1ncc2cc(C)nc(NCC3COC3)c2n1. The lowest BCUT2D eigenvalue weighted by molar-refractivity contribution is -0.0248. The smallest absolute Gasteiger partial charge is 0.227 e. The highest BCUT2D eigenvalue weighted by molar-refractivity contribution is 5.89. The molecule has 1 saturated heterocycles. The Balaban J connectivity index is 1.45. The molecule has 4 heterocycles. The first kappa shape index (κ1) is 21.1. The minimum absolute atomic E-state index is 0.468. The number of aryl methyl sites for hydroxylation is 2. The Hall–Kier alpha value is -3.79. The van der Waals surface area contributed by atoms with Crippen molar-refractivity contribution in [3.8, 4) is 17.1 Å². The number of nitrogens with one attached hydrogen (secondary N) is 2. The third kappa shape index (κ3) is 4.42. The quantitative estimate of drug-likeness (QED) is 0.421. The van der Waals surface area contributed by atoms with E-state index in [1.54, 1.807) is 6.33 Å². The van der Waals surface area contributed by atoms with Gasteiger partial charge in [0.05, 0.1) is 25.5 Å². The molecule has 0 radical (unpaired) electrons. The minimum atomic E-state index is 0.468. The predicted octanol–water partition coefficient (Wildman–Crippen LogP) is 3.33. The average Bonchev–Trinajstić information content (AvgIpc) is 3.20. The van der Waals surface area contributed by atoms with E-state index in [1.165, 1.54) is 0 Å².